The first-order valence-corrected chi connectivity index (χ1v) is 11.8. The fourth-order valence-electron chi connectivity index (χ4n) is 4.52. The molecule has 0 N–H and O–H groups in total. The van der Waals surface area contributed by atoms with Crippen molar-refractivity contribution in [2.24, 2.45) is 0 Å². The maximum Gasteiger partial charge on any atom is 0.291 e. The fraction of sp³-hybridized carbons (Fsp3) is 0.375. The second-order valence-electron chi connectivity index (χ2n) is 8.45. The molecular formula is C24H25FN4O2S. The van der Waals surface area contributed by atoms with Crippen LogP contribution in [-0.4, -0.2) is 38.2 Å². The molecule has 1 saturated heterocycles. The minimum absolute atomic E-state index is 0.0524. The summed E-state index contributed by atoms with van der Waals surface area (Å²) in [5.41, 5.74) is 2.13. The van der Waals surface area contributed by atoms with Gasteiger partial charge >= 0.3 is 0 Å². The highest BCUT2D eigenvalue weighted by atomic mass is 32.1. The predicted molar refractivity (Wildman–Crippen MR) is 125 cm³/mol. The largest absolute Gasteiger partial charge is 0.341 e. The van der Waals surface area contributed by atoms with Crippen LogP contribution in [0.15, 0.2) is 41.3 Å². The van der Waals surface area contributed by atoms with Gasteiger partial charge in [-0.25, -0.2) is 9.07 Å². The molecule has 4 aromatic rings. The summed E-state index contributed by atoms with van der Waals surface area (Å²) >= 11 is 1.62. The van der Waals surface area contributed by atoms with Gasteiger partial charge < -0.3 is 9.47 Å². The van der Waals surface area contributed by atoms with E-state index >= 15 is 0 Å². The maximum absolute atomic E-state index is 13.5. The van der Waals surface area contributed by atoms with E-state index in [4.69, 9.17) is 0 Å². The van der Waals surface area contributed by atoms with Crippen LogP contribution in [0.1, 0.15) is 36.1 Å². The monoisotopic (exact) mass is 452 g/mol. The fourth-order valence-corrected chi connectivity index (χ4v) is 5.54. The third-order valence-corrected chi connectivity index (χ3v) is 7.23. The Bertz CT molecular complexity index is 1340. The summed E-state index contributed by atoms with van der Waals surface area (Å²) < 4.78 is 17.7. The molecule has 1 aromatic carbocycles. The van der Waals surface area contributed by atoms with E-state index in [1.165, 1.54) is 16.8 Å². The van der Waals surface area contributed by atoms with Crippen LogP contribution in [0.25, 0.3) is 21.1 Å². The lowest BCUT2D eigenvalue weighted by atomic mass is 10.2. The lowest BCUT2D eigenvalue weighted by Gasteiger charge is -2.20. The van der Waals surface area contributed by atoms with E-state index in [0.29, 0.717) is 12.1 Å². The van der Waals surface area contributed by atoms with Crippen LogP contribution in [-0.2, 0) is 17.9 Å². The summed E-state index contributed by atoms with van der Waals surface area (Å²) in [6.07, 6.45) is 5.99. The second kappa shape index (κ2) is 8.50. The number of aryl methyl sites for hydroxylation is 1. The van der Waals surface area contributed by atoms with E-state index in [1.54, 1.807) is 29.7 Å². The molecule has 0 unspecified atom stereocenters. The molecule has 1 amide bonds. The standard InChI is InChI=1S/C24H25FN4O2S/c1-16-12-20-23(32-16)19-13-26-29(15-21(30)27-10-4-2-3-5-11-27)24(31)22(19)28(20)14-17-6-8-18(25)9-7-17/h6-9,12-13H,2-5,10-11,14-15H2,1H3. The van der Waals surface area contributed by atoms with Gasteiger partial charge in [0.15, 0.2) is 0 Å². The van der Waals surface area contributed by atoms with Crippen molar-refractivity contribution >= 4 is 38.4 Å². The van der Waals surface area contributed by atoms with Crippen molar-refractivity contribution in [3.63, 3.8) is 0 Å². The number of amides is 1. The van der Waals surface area contributed by atoms with Gasteiger partial charge in [-0.1, -0.05) is 25.0 Å². The van der Waals surface area contributed by atoms with Gasteiger partial charge in [0.2, 0.25) is 5.91 Å². The van der Waals surface area contributed by atoms with E-state index in [1.807, 2.05) is 16.4 Å². The SMILES string of the molecule is Cc1cc2c(s1)c1cnn(CC(=O)N3CCCCCC3)c(=O)c1n2Cc1ccc(F)cc1. The van der Waals surface area contributed by atoms with Crippen molar-refractivity contribution < 1.29 is 9.18 Å². The van der Waals surface area contributed by atoms with Crippen molar-refractivity contribution in [1.29, 1.82) is 0 Å². The number of nitrogens with zero attached hydrogens (tertiary/aromatic N) is 4. The third kappa shape index (κ3) is 3.83. The van der Waals surface area contributed by atoms with Gasteiger partial charge in [-0.3, -0.25) is 9.59 Å². The Balaban J connectivity index is 1.57. The van der Waals surface area contributed by atoms with Crippen LogP contribution >= 0.6 is 11.3 Å². The molecular weight excluding hydrogens is 427 g/mol. The zero-order valence-electron chi connectivity index (χ0n) is 18.0. The Labute approximate surface area is 188 Å². The number of rotatable bonds is 4. The average molecular weight is 453 g/mol. The second-order valence-corrected chi connectivity index (χ2v) is 9.71. The van der Waals surface area contributed by atoms with E-state index in [9.17, 15) is 14.0 Å². The summed E-state index contributed by atoms with van der Waals surface area (Å²) in [6, 6.07) is 8.38. The number of fused-ring (bicyclic) bond motifs is 3. The van der Waals surface area contributed by atoms with Crippen LogP contribution in [0.3, 0.4) is 0 Å². The number of aromatic nitrogens is 3. The van der Waals surface area contributed by atoms with Gasteiger partial charge in [-0.2, -0.15) is 5.10 Å². The average Bonchev–Trinajstić information content (AvgIpc) is 3.13. The number of carbonyl (C=O) groups is 1. The highest BCUT2D eigenvalue weighted by Gasteiger charge is 2.21. The topological polar surface area (TPSA) is 60.1 Å². The first-order chi connectivity index (χ1) is 15.5. The quantitative estimate of drug-likeness (QED) is 0.464. The van der Waals surface area contributed by atoms with Crippen LogP contribution in [0.2, 0.25) is 0 Å². The Kier molecular flexibility index (Phi) is 5.55. The van der Waals surface area contributed by atoms with Crippen LogP contribution in [0.4, 0.5) is 4.39 Å². The summed E-state index contributed by atoms with van der Waals surface area (Å²) in [6.45, 7) is 3.91. The molecule has 1 fully saturated rings. The number of benzene rings is 1. The van der Waals surface area contributed by atoms with E-state index in [2.05, 4.69) is 11.2 Å². The molecule has 8 heteroatoms. The third-order valence-electron chi connectivity index (χ3n) is 6.16. The Morgan fingerprint density at radius 3 is 2.56 bits per heavy atom. The summed E-state index contributed by atoms with van der Waals surface area (Å²) in [7, 11) is 0. The van der Waals surface area contributed by atoms with Crippen molar-refractivity contribution in [1.82, 2.24) is 19.2 Å². The molecule has 1 aliphatic rings. The number of hydrogen-bond donors (Lipinski definition) is 0. The Morgan fingerprint density at radius 1 is 1.12 bits per heavy atom. The number of hydrogen-bond acceptors (Lipinski definition) is 4. The zero-order chi connectivity index (χ0) is 22.2. The number of carbonyl (C=O) groups excluding carboxylic acids is 1. The number of likely N-dealkylation sites (tertiary alicyclic amines) is 1. The molecule has 0 atom stereocenters. The van der Waals surface area contributed by atoms with Gasteiger partial charge in [-0.05, 0) is 43.5 Å². The molecule has 4 heterocycles. The van der Waals surface area contributed by atoms with Gasteiger partial charge in [-0.15, -0.1) is 11.3 Å². The van der Waals surface area contributed by atoms with Gasteiger partial charge in [0, 0.05) is 29.9 Å². The van der Waals surface area contributed by atoms with Crippen molar-refractivity contribution in [2.75, 3.05) is 13.1 Å². The molecule has 0 spiro atoms. The molecule has 3 aromatic heterocycles. The van der Waals surface area contributed by atoms with Gasteiger partial charge in [0.25, 0.3) is 5.56 Å². The minimum atomic E-state index is -0.291. The highest BCUT2D eigenvalue weighted by Crippen LogP contribution is 2.34. The normalized spacial score (nSPS) is 14.9. The Hall–Kier alpha value is -3.00. The summed E-state index contributed by atoms with van der Waals surface area (Å²) in [5.74, 6) is -0.351. The van der Waals surface area contributed by atoms with Crippen LogP contribution in [0.5, 0.6) is 0 Å². The van der Waals surface area contributed by atoms with Crippen LogP contribution < -0.4 is 5.56 Å². The predicted octanol–water partition coefficient (Wildman–Crippen LogP) is 4.31. The molecule has 0 bridgehead atoms. The maximum atomic E-state index is 13.5. The minimum Gasteiger partial charge on any atom is -0.341 e. The van der Waals surface area contributed by atoms with Crippen molar-refractivity contribution in [3.05, 3.63) is 63.1 Å². The molecule has 0 radical (unpaired) electrons. The van der Waals surface area contributed by atoms with Crippen LogP contribution in [0, 0.1) is 12.7 Å². The molecule has 1 aliphatic heterocycles. The Morgan fingerprint density at radius 2 is 1.84 bits per heavy atom. The number of halogens is 1. The molecule has 32 heavy (non-hydrogen) atoms. The molecule has 0 aliphatic carbocycles. The first kappa shape index (κ1) is 20.9. The van der Waals surface area contributed by atoms with Crippen molar-refractivity contribution in [2.45, 2.75) is 45.7 Å². The van der Waals surface area contributed by atoms with E-state index in [0.717, 1.165) is 64.8 Å². The molecule has 0 saturated carbocycles. The first-order valence-electron chi connectivity index (χ1n) is 11.0. The van der Waals surface area contributed by atoms with Gasteiger partial charge in [0.1, 0.15) is 17.9 Å². The lowest BCUT2D eigenvalue weighted by Crippen LogP contribution is -2.38. The highest BCUT2D eigenvalue weighted by molar-refractivity contribution is 7.20. The molecule has 5 rings (SSSR count). The van der Waals surface area contributed by atoms with Crippen molar-refractivity contribution in [3.8, 4) is 0 Å². The van der Waals surface area contributed by atoms with E-state index in [-0.39, 0.29) is 23.8 Å². The number of thiophene rings is 1. The lowest BCUT2D eigenvalue weighted by molar-refractivity contribution is -0.132. The molecule has 6 nitrogen and oxygen atoms in total. The van der Waals surface area contributed by atoms with Gasteiger partial charge in [0.05, 0.1) is 16.4 Å². The zero-order valence-corrected chi connectivity index (χ0v) is 18.8. The van der Waals surface area contributed by atoms with E-state index < -0.39 is 0 Å². The smallest absolute Gasteiger partial charge is 0.291 e. The summed E-state index contributed by atoms with van der Waals surface area (Å²) in [4.78, 5) is 29.4. The molecule has 166 valence electrons. The summed E-state index contributed by atoms with van der Waals surface area (Å²) in [5, 5.41) is 5.15.